The Bertz CT molecular complexity index is 791. The van der Waals surface area contributed by atoms with Gasteiger partial charge in [0.25, 0.3) is 5.69 Å². The molecular formula is C19H23N3O3S. The number of anilines is 1. The van der Waals surface area contributed by atoms with Crippen molar-refractivity contribution in [3.05, 3.63) is 63.7 Å². The first-order valence-corrected chi connectivity index (χ1v) is 8.72. The normalized spacial score (nSPS) is 11.7. The van der Waals surface area contributed by atoms with Crippen LogP contribution in [-0.4, -0.2) is 17.1 Å². The van der Waals surface area contributed by atoms with Gasteiger partial charge in [-0.2, -0.15) is 0 Å². The Hall–Kier alpha value is -2.67. The molecule has 0 bridgehead atoms. The van der Waals surface area contributed by atoms with E-state index in [0.29, 0.717) is 22.5 Å². The molecule has 0 saturated carbocycles. The van der Waals surface area contributed by atoms with E-state index in [2.05, 4.69) is 48.7 Å². The maximum absolute atomic E-state index is 10.9. The summed E-state index contributed by atoms with van der Waals surface area (Å²) < 4.78 is 5.21. The Morgan fingerprint density at radius 3 is 2.27 bits per heavy atom. The molecule has 6 nitrogen and oxygen atoms in total. The van der Waals surface area contributed by atoms with Gasteiger partial charge < -0.3 is 15.4 Å². The van der Waals surface area contributed by atoms with Crippen LogP contribution in [0.15, 0.2) is 42.5 Å². The molecule has 0 aliphatic carbocycles. The van der Waals surface area contributed by atoms with Gasteiger partial charge in [-0.25, -0.2) is 0 Å². The highest BCUT2D eigenvalue weighted by Gasteiger charge is 2.13. The molecule has 2 aromatic rings. The van der Waals surface area contributed by atoms with Crippen molar-refractivity contribution in [2.24, 2.45) is 0 Å². The van der Waals surface area contributed by atoms with Crippen LogP contribution in [-0.2, 0) is 0 Å². The number of nitrogens with one attached hydrogen (secondary N) is 2. The predicted octanol–water partition coefficient (Wildman–Crippen LogP) is 4.77. The molecule has 2 rings (SSSR count). The third-order valence-electron chi connectivity index (χ3n) is 4.09. The van der Waals surface area contributed by atoms with Crippen molar-refractivity contribution in [2.75, 3.05) is 12.4 Å². The third kappa shape index (κ3) is 4.92. The van der Waals surface area contributed by atoms with Crippen LogP contribution in [0.2, 0.25) is 0 Å². The molecular weight excluding hydrogens is 350 g/mol. The second kappa shape index (κ2) is 8.62. The minimum Gasteiger partial charge on any atom is -0.494 e. The van der Waals surface area contributed by atoms with Gasteiger partial charge in [0.2, 0.25) is 0 Å². The van der Waals surface area contributed by atoms with E-state index in [0.717, 1.165) is 5.56 Å². The van der Waals surface area contributed by atoms with Gasteiger partial charge in [-0.1, -0.05) is 38.1 Å². The molecule has 0 amide bonds. The number of hydrogen-bond acceptors (Lipinski definition) is 4. The third-order valence-corrected chi connectivity index (χ3v) is 4.31. The second-order valence-electron chi connectivity index (χ2n) is 6.28. The van der Waals surface area contributed by atoms with E-state index >= 15 is 0 Å². The molecule has 7 heteroatoms. The van der Waals surface area contributed by atoms with Crippen molar-refractivity contribution < 1.29 is 9.66 Å². The Morgan fingerprint density at radius 1 is 1.12 bits per heavy atom. The highest BCUT2D eigenvalue weighted by Crippen LogP contribution is 2.29. The van der Waals surface area contributed by atoms with Gasteiger partial charge in [-0.05, 0) is 42.3 Å². The molecule has 138 valence electrons. The average Bonchev–Trinajstić information content (AvgIpc) is 2.61. The molecule has 0 aliphatic heterocycles. The fourth-order valence-corrected chi connectivity index (χ4v) is 2.79. The molecule has 0 heterocycles. The smallest absolute Gasteiger partial charge is 0.273 e. The summed E-state index contributed by atoms with van der Waals surface area (Å²) in [5, 5.41) is 17.5. The van der Waals surface area contributed by atoms with Gasteiger partial charge >= 0.3 is 0 Å². The number of nitro groups is 1. The van der Waals surface area contributed by atoms with Crippen molar-refractivity contribution in [1.82, 2.24) is 5.32 Å². The summed E-state index contributed by atoms with van der Waals surface area (Å²) in [5.74, 6) is 0.849. The monoisotopic (exact) mass is 373 g/mol. The van der Waals surface area contributed by atoms with E-state index < -0.39 is 4.92 Å². The number of nitrogens with zero attached hydrogens (tertiary/aromatic N) is 1. The van der Waals surface area contributed by atoms with E-state index in [1.807, 2.05) is 6.92 Å². The summed E-state index contributed by atoms with van der Waals surface area (Å²) in [6.07, 6.45) is 0. The Morgan fingerprint density at radius 2 is 1.73 bits per heavy atom. The summed E-state index contributed by atoms with van der Waals surface area (Å²) in [4.78, 5) is 10.4. The van der Waals surface area contributed by atoms with Crippen molar-refractivity contribution >= 4 is 28.7 Å². The fourth-order valence-electron chi connectivity index (χ4n) is 2.50. The second-order valence-corrected chi connectivity index (χ2v) is 6.69. The summed E-state index contributed by atoms with van der Waals surface area (Å²) in [5.41, 5.74) is 2.94. The number of thiocarbonyl (C=S) groups is 1. The topological polar surface area (TPSA) is 76.4 Å². The van der Waals surface area contributed by atoms with Crippen LogP contribution < -0.4 is 15.4 Å². The molecule has 0 fully saturated rings. The van der Waals surface area contributed by atoms with Crippen LogP contribution >= 0.6 is 12.2 Å². The van der Waals surface area contributed by atoms with Crippen molar-refractivity contribution in [3.8, 4) is 5.75 Å². The van der Waals surface area contributed by atoms with E-state index in [-0.39, 0.29) is 11.7 Å². The Kier molecular flexibility index (Phi) is 6.52. The van der Waals surface area contributed by atoms with E-state index in [1.54, 1.807) is 6.07 Å². The Labute approximate surface area is 158 Å². The lowest BCUT2D eigenvalue weighted by Crippen LogP contribution is -2.31. The molecule has 26 heavy (non-hydrogen) atoms. The zero-order valence-corrected chi connectivity index (χ0v) is 16.1. The lowest BCUT2D eigenvalue weighted by Gasteiger charge is -2.19. The number of methoxy groups -OCH3 is 1. The van der Waals surface area contributed by atoms with Crippen LogP contribution in [0.5, 0.6) is 5.75 Å². The van der Waals surface area contributed by atoms with E-state index in [9.17, 15) is 10.1 Å². The minimum absolute atomic E-state index is 0.0141. The van der Waals surface area contributed by atoms with Gasteiger partial charge in [0.1, 0.15) is 5.75 Å². The van der Waals surface area contributed by atoms with Crippen molar-refractivity contribution in [1.29, 1.82) is 0 Å². The van der Waals surface area contributed by atoms with Crippen LogP contribution in [0.1, 0.15) is 43.9 Å². The van der Waals surface area contributed by atoms with Gasteiger partial charge in [0, 0.05) is 6.07 Å². The van der Waals surface area contributed by atoms with Gasteiger partial charge in [0.05, 0.1) is 29.8 Å². The molecule has 0 spiro atoms. The summed E-state index contributed by atoms with van der Waals surface area (Å²) in [6.45, 7) is 6.34. The minimum atomic E-state index is -0.467. The standard InChI is InChI=1S/C19H23N3O3S/c1-12(2)14-5-7-15(8-6-14)13(3)20-19(26)21-17-10-9-16(22(23)24)11-18(17)25-4/h5-13H,1-4H3,(H2,20,21,26). The molecule has 0 aromatic heterocycles. The summed E-state index contributed by atoms with van der Waals surface area (Å²) in [6, 6.07) is 12.8. The first kappa shape index (κ1) is 19.7. The maximum Gasteiger partial charge on any atom is 0.273 e. The Balaban J connectivity index is 2.04. The van der Waals surface area contributed by atoms with Gasteiger partial charge in [0.15, 0.2) is 5.11 Å². The molecule has 0 radical (unpaired) electrons. The number of nitro benzene ring substituents is 1. The largest absolute Gasteiger partial charge is 0.494 e. The van der Waals surface area contributed by atoms with Crippen LogP contribution in [0.3, 0.4) is 0 Å². The average molecular weight is 373 g/mol. The van der Waals surface area contributed by atoms with E-state index in [1.165, 1.54) is 24.8 Å². The van der Waals surface area contributed by atoms with Crippen LogP contribution in [0.4, 0.5) is 11.4 Å². The zero-order valence-electron chi connectivity index (χ0n) is 15.3. The van der Waals surface area contributed by atoms with Crippen LogP contribution in [0, 0.1) is 10.1 Å². The highest BCUT2D eigenvalue weighted by molar-refractivity contribution is 7.80. The summed E-state index contributed by atoms with van der Waals surface area (Å²) in [7, 11) is 1.46. The number of rotatable bonds is 6. The first-order chi connectivity index (χ1) is 12.3. The molecule has 1 unspecified atom stereocenters. The SMILES string of the molecule is COc1cc([N+](=O)[O-])ccc1NC(=S)NC(C)c1ccc(C(C)C)cc1. The first-order valence-electron chi connectivity index (χ1n) is 8.31. The van der Waals surface area contributed by atoms with Gasteiger partial charge in [-0.15, -0.1) is 0 Å². The number of ether oxygens (including phenoxy) is 1. The number of hydrogen-bond donors (Lipinski definition) is 2. The molecule has 0 aliphatic rings. The van der Waals surface area contributed by atoms with Crippen LogP contribution in [0.25, 0.3) is 0 Å². The predicted molar refractivity (Wildman–Crippen MR) is 108 cm³/mol. The lowest BCUT2D eigenvalue weighted by molar-refractivity contribution is -0.384. The molecule has 2 N–H and O–H groups in total. The molecule has 0 saturated heterocycles. The molecule has 1 atom stereocenters. The maximum atomic E-state index is 10.9. The quantitative estimate of drug-likeness (QED) is 0.431. The number of non-ortho nitro benzene ring substituents is 1. The molecule has 2 aromatic carbocycles. The van der Waals surface area contributed by atoms with E-state index in [4.69, 9.17) is 17.0 Å². The van der Waals surface area contributed by atoms with Gasteiger partial charge in [-0.3, -0.25) is 10.1 Å². The summed E-state index contributed by atoms with van der Waals surface area (Å²) >= 11 is 5.36. The fraction of sp³-hybridized carbons (Fsp3) is 0.316. The number of benzene rings is 2. The lowest BCUT2D eigenvalue weighted by atomic mass is 10.00. The van der Waals surface area contributed by atoms with Crippen molar-refractivity contribution in [2.45, 2.75) is 32.7 Å². The highest BCUT2D eigenvalue weighted by atomic mass is 32.1. The van der Waals surface area contributed by atoms with Crippen molar-refractivity contribution in [3.63, 3.8) is 0 Å². The zero-order chi connectivity index (χ0) is 19.3.